The number of nitrogens with zero attached hydrogens (tertiary/aromatic N) is 2. The van der Waals surface area contributed by atoms with E-state index in [1.54, 1.807) is 0 Å². The molecule has 3 rings (SSSR count). The summed E-state index contributed by atoms with van der Waals surface area (Å²) in [6, 6.07) is 17.4. The number of nitrogens with one attached hydrogen (secondary N) is 1. The molecule has 0 radical (unpaired) electrons. The zero-order valence-corrected chi connectivity index (χ0v) is 16.1. The third-order valence-corrected chi connectivity index (χ3v) is 6.12. The van der Waals surface area contributed by atoms with Crippen LogP contribution in [0.1, 0.15) is 12.5 Å². The standard InChI is InChI=1S/C20H27N3O2S/c1-2-22-13-15-23(16-14-22)20-10-8-19(9-11-20)21-26(24,25)17-12-18-6-4-3-5-7-18/h3-11,21H,2,12-17H2,1H3. The van der Waals surface area contributed by atoms with Crippen LogP contribution in [0, 0.1) is 0 Å². The first-order valence-electron chi connectivity index (χ1n) is 9.17. The van der Waals surface area contributed by atoms with Crippen LogP contribution in [0.2, 0.25) is 0 Å². The molecule has 1 heterocycles. The summed E-state index contributed by atoms with van der Waals surface area (Å²) in [5.41, 5.74) is 2.79. The van der Waals surface area contributed by atoms with Gasteiger partial charge in [0.25, 0.3) is 0 Å². The van der Waals surface area contributed by atoms with Crippen molar-refractivity contribution in [1.82, 2.24) is 4.90 Å². The van der Waals surface area contributed by atoms with Crippen molar-refractivity contribution in [3.63, 3.8) is 0 Å². The van der Waals surface area contributed by atoms with Gasteiger partial charge >= 0.3 is 0 Å². The lowest BCUT2D eigenvalue weighted by Gasteiger charge is -2.35. The van der Waals surface area contributed by atoms with E-state index < -0.39 is 10.0 Å². The molecule has 0 unspecified atom stereocenters. The molecule has 0 atom stereocenters. The molecule has 6 heteroatoms. The zero-order chi connectivity index (χ0) is 18.4. The molecule has 1 aliphatic heterocycles. The van der Waals surface area contributed by atoms with Crippen molar-refractivity contribution in [1.29, 1.82) is 0 Å². The van der Waals surface area contributed by atoms with Crippen LogP contribution in [0.25, 0.3) is 0 Å². The van der Waals surface area contributed by atoms with Crippen LogP contribution < -0.4 is 9.62 Å². The molecule has 5 nitrogen and oxygen atoms in total. The minimum absolute atomic E-state index is 0.0811. The van der Waals surface area contributed by atoms with Crippen molar-refractivity contribution >= 4 is 21.4 Å². The third-order valence-electron chi connectivity index (χ3n) is 4.83. The topological polar surface area (TPSA) is 52.6 Å². The number of sulfonamides is 1. The van der Waals surface area contributed by atoms with Crippen molar-refractivity contribution in [3.8, 4) is 0 Å². The van der Waals surface area contributed by atoms with Crippen molar-refractivity contribution < 1.29 is 8.42 Å². The van der Waals surface area contributed by atoms with E-state index in [1.165, 1.54) is 0 Å². The zero-order valence-electron chi connectivity index (χ0n) is 15.3. The van der Waals surface area contributed by atoms with Gasteiger partial charge in [0.1, 0.15) is 0 Å². The summed E-state index contributed by atoms with van der Waals surface area (Å²) in [5, 5.41) is 0. The molecule has 1 saturated heterocycles. The molecule has 2 aromatic carbocycles. The SMILES string of the molecule is CCN1CCN(c2ccc(NS(=O)(=O)CCc3ccccc3)cc2)CC1. The largest absolute Gasteiger partial charge is 0.369 e. The minimum Gasteiger partial charge on any atom is -0.369 e. The molecule has 140 valence electrons. The van der Waals surface area contributed by atoms with Gasteiger partial charge in [0, 0.05) is 37.6 Å². The number of likely N-dealkylation sites (N-methyl/N-ethyl adjacent to an activating group) is 1. The Labute approximate surface area is 156 Å². The number of benzene rings is 2. The van der Waals surface area contributed by atoms with Gasteiger partial charge in [-0.2, -0.15) is 0 Å². The lowest BCUT2D eigenvalue weighted by Crippen LogP contribution is -2.46. The van der Waals surface area contributed by atoms with E-state index in [2.05, 4.69) is 21.4 Å². The molecule has 0 aromatic heterocycles. The van der Waals surface area contributed by atoms with E-state index in [4.69, 9.17) is 0 Å². The first kappa shape index (κ1) is 18.7. The maximum absolute atomic E-state index is 12.3. The molecule has 1 N–H and O–H groups in total. The van der Waals surface area contributed by atoms with Crippen molar-refractivity contribution in [2.24, 2.45) is 0 Å². The lowest BCUT2D eigenvalue weighted by atomic mass is 10.2. The third kappa shape index (κ3) is 5.22. The number of hydrogen-bond acceptors (Lipinski definition) is 4. The molecule has 2 aromatic rings. The number of piperazine rings is 1. The highest BCUT2D eigenvalue weighted by Gasteiger charge is 2.16. The van der Waals surface area contributed by atoms with Crippen LogP contribution in [0.4, 0.5) is 11.4 Å². The first-order chi connectivity index (χ1) is 12.6. The summed E-state index contributed by atoms with van der Waals surface area (Å²) in [4.78, 5) is 4.78. The molecule has 0 amide bonds. The Bertz CT molecular complexity index is 784. The van der Waals surface area contributed by atoms with Crippen molar-refractivity contribution in [3.05, 3.63) is 60.2 Å². The summed E-state index contributed by atoms with van der Waals surface area (Å²) in [7, 11) is -3.35. The second kappa shape index (κ2) is 8.56. The number of aryl methyl sites for hydroxylation is 1. The lowest BCUT2D eigenvalue weighted by molar-refractivity contribution is 0.271. The number of rotatable bonds is 7. The normalized spacial score (nSPS) is 15.8. The van der Waals surface area contributed by atoms with E-state index >= 15 is 0 Å². The fourth-order valence-corrected chi connectivity index (χ4v) is 4.29. The average molecular weight is 374 g/mol. The second-order valence-corrected chi connectivity index (χ2v) is 8.47. The van der Waals surface area contributed by atoms with Gasteiger partial charge in [-0.3, -0.25) is 4.72 Å². The molecule has 0 saturated carbocycles. The smallest absolute Gasteiger partial charge is 0.233 e. The van der Waals surface area contributed by atoms with E-state index in [0.29, 0.717) is 12.1 Å². The molecule has 0 aliphatic carbocycles. The van der Waals surface area contributed by atoms with Gasteiger partial charge in [0.05, 0.1) is 5.75 Å². The minimum atomic E-state index is -3.35. The van der Waals surface area contributed by atoms with E-state index in [0.717, 1.165) is 44.0 Å². The quantitative estimate of drug-likeness (QED) is 0.811. The predicted molar refractivity (Wildman–Crippen MR) is 108 cm³/mol. The maximum atomic E-state index is 12.3. The van der Waals surface area contributed by atoms with E-state index in [1.807, 2.05) is 54.6 Å². The van der Waals surface area contributed by atoms with Crippen LogP contribution in [-0.4, -0.2) is 51.8 Å². The van der Waals surface area contributed by atoms with E-state index in [-0.39, 0.29) is 5.75 Å². The van der Waals surface area contributed by atoms with Crippen LogP contribution in [0.15, 0.2) is 54.6 Å². The Morgan fingerprint density at radius 1 is 0.923 bits per heavy atom. The molecule has 0 spiro atoms. The molecular formula is C20H27N3O2S. The van der Waals surface area contributed by atoms with Crippen LogP contribution in [-0.2, 0) is 16.4 Å². The molecule has 26 heavy (non-hydrogen) atoms. The summed E-state index contributed by atoms with van der Waals surface area (Å²) in [5.74, 6) is 0.0811. The Morgan fingerprint density at radius 2 is 1.58 bits per heavy atom. The first-order valence-corrected chi connectivity index (χ1v) is 10.8. The maximum Gasteiger partial charge on any atom is 0.233 e. The van der Waals surface area contributed by atoms with E-state index in [9.17, 15) is 8.42 Å². The Hall–Kier alpha value is -2.05. The number of anilines is 2. The average Bonchev–Trinajstić information content (AvgIpc) is 2.68. The monoisotopic (exact) mass is 373 g/mol. The molecule has 0 bridgehead atoms. The highest BCUT2D eigenvalue weighted by molar-refractivity contribution is 7.92. The van der Waals surface area contributed by atoms with Crippen LogP contribution in [0.3, 0.4) is 0 Å². The highest BCUT2D eigenvalue weighted by atomic mass is 32.2. The number of hydrogen-bond donors (Lipinski definition) is 1. The van der Waals surface area contributed by atoms with Gasteiger partial charge in [-0.15, -0.1) is 0 Å². The van der Waals surface area contributed by atoms with Gasteiger partial charge in [-0.05, 0) is 42.8 Å². The van der Waals surface area contributed by atoms with Gasteiger partial charge < -0.3 is 9.80 Å². The molecule has 1 fully saturated rings. The Balaban J connectivity index is 1.55. The summed E-state index contributed by atoms with van der Waals surface area (Å²) in [6.45, 7) is 7.45. The van der Waals surface area contributed by atoms with Crippen molar-refractivity contribution in [2.45, 2.75) is 13.3 Å². The summed E-state index contributed by atoms with van der Waals surface area (Å²) >= 11 is 0. The van der Waals surface area contributed by atoms with Gasteiger partial charge in [-0.1, -0.05) is 37.3 Å². The fourth-order valence-electron chi connectivity index (χ4n) is 3.19. The van der Waals surface area contributed by atoms with Gasteiger partial charge in [-0.25, -0.2) is 8.42 Å². The van der Waals surface area contributed by atoms with Crippen molar-refractivity contribution in [2.75, 3.05) is 48.1 Å². The Kier molecular flexibility index (Phi) is 6.16. The Morgan fingerprint density at radius 3 is 2.19 bits per heavy atom. The fraction of sp³-hybridized carbons (Fsp3) is 0.400. The summed E-state index contributed by atoms with van der Waals surface area (Å²) < 4.78 is 27.3. The van der Waals surface area contributed by atoms with Gasteiger partial charge in [0.15, 0.2) is 0 Å². The summed E-state index contributed by atoms with van der Waals surface area (Å²) in [6.07, 6.45) is 0.510. The molecular weight excluding hydrogens is 346 g/mol. The molecule has 1 aliphatic rings. The highest BCUT2D eigenvalue weighted by Crippen LogP contribution is 2.20. The van der Waals surface area contributed by atoms with Crippen LogP contribution in [0.5, 0.6) is 0 Å². The predicted octanol–water partition coefficient (Wildman–Crippen LogP) is 2.81. The van der Waals surface area contributed by atoms with Crippen LogP contribution >= 0.6 is 0 Å². The van der Waals surface area contributed by atoms with Gasteiger partial charge in [0.2, 0.25) is 10.0 Å². The second-order valence-electron chi connectivity index (χ2n) is 6.62.